The van der Waals surface area contributed by atoms with Gasteiger partial charge in [-0.2, -0.15) is 5.10 Å². The summed E-state index contributed by atoms with van der Waals surface area (Å²) in [5, 5.41) is 16.5. The van der Waals surface area contributed by atoms with Crippen molar-refractivity contribution in [1.82, 2.24) is 15.6 Å². The first-order valence-electron chi connectivity index (χ1n) is 9.95. The molecule has 0 spiro atoms. The second-order valence-electron chi connectivity index (χ2n) is 7.74. The Hall–Kier alpha value is -3.88. The fraction of sp³-hybridized carbons (Fsp3) is 0.273. The molecular formula is C22H24N6O3. The highest BCUT2D eigenvalue weighted by Gasteiger charge is 2.32. The van der Waals surface area contributed by atoms with E-state index >= 15 is 0 Å². The first-order valence-corrected chi connectivity index (χ1v) is 9.95. The van der Waals surface area contributed by atoms with E-state index in [-0.39, 0.29) is 29.1 Å². The van der Waals surface area contributed by atoms with Crippen molar-refractivity contribution < 1.29 is 14.0 Å². The number of fused-ring (bicyclic) bond motifs is 1. The summed E-state index contributed by atoms with van der Waals surface area (Å²) in [5.74, 6) is -0.287. The molecule has 31 heavy (non-hydrogen) atoms. The zero-order valence-electron chi connectivity index (χ0n) is 17.4. The minimum absolute atomic E-state index is 0.0140. The molecule has 160 valence electrons. The van der Waals surface area contributed by atoms with E-state index in [0.29, 0.717) is 36.6 Å². The van der Waals surface area contributed by atoms with Crippen LogP contribution in [0.1, 0.15) is 23.3 Å². The molecule has 1 fully saturated rings. The van der Waals surface area contributed by atoms with E-state index in [4.69, 9.17) is 15.6 Å². The number of hydrogen-bond donors (Lipinski definition) is 4. The molecule has 0 aliphatic carbocycles. The molecule has 2 aliphatic heterocycles. The van der Waals surface area contributed by atoms with Gasteiger partial charge in [0.05, 0.1) is 11.3 Å². The zero-order chi connectivity index (χ0) is 22.3. The molecule has 4 rings (SSSR count). The Morgan fingerprint density at radius 3 is 2.97 bits per heavy atom. The van der Waals surface area contributed by atoms with Crippen molar-refractivity contribution in [3.63, 3.8) is 0 Å². The molecule has 2 aromatic rings. The van der Waals surface area contributed by atoms with Crippen LogP contribution in [0.5, 0.6) is 0 Å². The number of nitrogens with one attached hydrogen (secondary N) is 3. The van der Waals surface area contributed by atoms with Gasteiger partial charge in [-0.15, -0.1) is 0 Å². The fourth-order valence-electron chi connectivity index (χ4n) is 3.95. The van der Waals surface area contributed by atoms with Crippen LogP contribution in [0.2, 0.25) is 0 Å². The minimum Gasteiger partial charge on any atom is -0.454 e. The van der Waals surface area contributed by atoms with E-state index in [1.165, 1.54) is 6.08 Å². The summed E-state index contributed by atoms with van der Waals surface area (Å²) < 4.78 is 6.15. The SMILES string of the molecule is C=CC(=O)N1CCC(N/C(=C2\C(=N)C(=O)NN=C2N)c2oc3ccc(C)cc3c2C)C1. The second kappa shape index (κ2) is 7.75. The number of aryl methyl sites for hydroxylation is 2. The normalized spacial score (nSPS) is 20.5. The Morgan fingerprint density at radius 1 is 1.45 bits per heavy atom. The molecular weight excluding hydrogens is 396 g/mol. The van der Waals surface area contributed by atoms with Crippen molar-refractivity contribution in [2.45, 2.75) is 26.3 Å². The van der Waals surface area contributed by atoms with Crippen LogP contribution in [-0.4, -0.2) is 47.4 Å². The third kappa shape index (κ3) is 3.58. The van der Waals surface area contributed by atoms with Gasteiger partial charge in [-0.1, -0.05) is 18.2 Å². The van der Waals surface area contributed by atoms with Crippen molar-refractivity contribution in [2.75, 3.05) is 13.1 Å². The number of rotatable bonds is 4. The molecule has 2 amide bonds. The molecule has 5 N–H and O–H groups in total. The maximum atomic E-state index is 12.2. The van der Waals surface area contributed by atoms with Gasteiger partial charge >= 0.3 is 0 Å². The third-order valence-corrected chi connectivity index (χ3v) is 5.60. The Morgan fingerprint density at radius 2 is 2.23 bits per heavy atom. The first-order chi connectivity index (χ1) is 14.8. The Balaban J connectivity index is 1.83. The number of benzene rings is 1. The van der Waals surface area contributed by atoms with Gasteiger partial charge < -0.3 is 20.4 Å². The molecule has 1 atom stereocenters. The quantitative estimate of drug-likeness (QED) is 0.557. The smallest absolute Gasteiger partial charge is 0.290 e. The number of likely N-dealkylation sites (tertiary alicyclic amines) is 1. The van der Waals surface area contributed by atoms with Crippen molar-refractivity contribution in [1.29, 1.82) is 5.41 Å². The topological polar surface area (TPSA) is 137 Å². The molecule has 1 unspecified atom stereocenters. The van der Waals surface area contributed by atoms with Crippen LogP contribution in [0, 0.1) is 19.3 Å². The van der Waals surface area contributed by atoms with E-state index in [9.17, 15) is 9.59 Å². The Labute approximate surface area is 179 Å². The van der Waals surface area contributed by atoms with Crippen molar-refractivity contribution in [3.8, 4) is 0 Å². The van der Waals surface area contributed by atoms with Crippen LogP contribution in [0.3, 0.4) is 0 Å². The van der Waals surface area contributed by atoms with E-state index in [2.05, 4.69) is 22.4 Å². The molecule has 0 saturated carbocycles. The zero-order valence-corrected chi connectivity index (χ0v) is 17.4. The number of carbonyl (C=O) groups is 2. The molecule has 0 bridgehead atoms. The fourth-order valence-corrected chi connectivity index (χ4v) is 3.95. The van der Waals surface area contributed by atoms with Gasteiger partial charge in [0, 0.05) is 30.1 Å². The maximum absolute atomic E-state index is 12.2. The van der Waals surface area contributed by atoms with Gasteiger partial charge in [-0.3, -0.25) is 15.0 Å². The number of amides is 2. The Kier molecular flexibility index (Phi) is 5.10. The van der Waals surface area contributed by atoms with Crippen LogP contribution in [0.4, 0.5) is 0 Å². The van der Waals surface area contributed by atoms with E-state index in [1.807, 2.05) is 32.0 Å². The number of hydrazone groups is 1. The number of amidine groups is 1. The Bertz CT molecular complexity index is 1190. The van der Waals surface area contributed by atoms with Crippen LogP contribution in [0.15, 0.2) is 45.9 Å². The van der Waals surface area contributed by atoms with Gasteiger partial charge in [-0.25, -0.2) is 5.43 Å². The van der Waals surface area contributed by atoms with Gasteiger partial charge in [0.1, 0.15) is 11.3 Å². The van der Waals surface area contributed by atoms with E-state index in [0.717, 1.165) is 16.5 Å². The lowest BCUT2D eigenvalue weighted by Gasteiger charge is -2.22. The predicted molar refractivity (Wildman–Crippen MR) is 118 cm³/mol. The van der Waals surface area contributed by atoms with Crippen molar-refractivity contribution >= 4 is 40.0 Å². The monoisotopic (exact) mass is 420 g/mol. The number of nitrogens with zero attached hydrogens (tertiary/aromatic N) is 2. The standard InChI is InChI=1S/C22H24N6O3/c1-4-16(29)28-8-7-13(10-28)25-19(17-18(23)22(30)27-26-21(17)24)20-12(3)14-9-11(2)5-6-15(14)31-20/h4-6,9,13,23,25H,1,7-8,10H2,2-3H3,(H2,24,26)(H,27,30)/b19-17+,23-18?. The number of furan rings is 1. The largest absolute Gasteiger partial charge is 0.454 e. The number of hydrogen-bond acceptors (Lipinski definition) is 7. The summed E-state index contributed by atoms with van der Waals surface area (Å²) in [4.78, 5) is 25.8. The molecule has 1 saturated heterocycles. The summed E-state index contributed by atoms with van der Waals surface area (Å²) in [5.41, 5.74) is 11.3. The summed E-state index contributed by atoms with van der Waals surface area (Å²) in [6, 6.07) is 5.75. The van der Waals surface area contributed by atoms with E-state index in [1.54, 1.807) is 4.90 Å². The highest BCUT2D eigenvalue weighted by atomic mass is 16.3. The first kappa shape index (κ1) is 20.4. The lowest BCUT2D eigenvalue weighted by molar-refractivity contribution is -0.125. The second-order valence-corrected chi connectivity index (χ2v) is 7.74. The van der Waals surface area contributed by atoms with Gasteiger partial charge in [0.2, 0.25) is 5.91 Å². The van der Waals surface area contributed by atoms with Gasteiger partial charge in [-0.05, 0) is 38.5 Å². The molecule has 3 heterocycles. The molecule has 0 radical (unpaired) electrons. The number of nitrogens with two attached hydrogens (primary N) is 1. The van der Waals surface area contributed by atoms with Crippen molar-refractivity contribution in [2.24, 2.45) is 10.8 Å². The summed E-state index contributed by atoms with van der Waals surface area (Å²) in [6.07, 6.45) is 1.98. The van der Waals surface area contributed by atoms with Gasteiger partial charge in [0.15, 0.2) is 11.6 Å². The molecule has 1 aromatic carbocycles. The van der Waals surface area contributed by atoms with E-state index < -0.39 is 5.91 Å². The highest BCUT2D eigenvalue weighted by molar-refractivity contribution is 6.53. The maximum Gasteiger partial charge on any atom is 0.290 e. The lowest BCUT2D eigenvalue weighted by Crippen LogP contribution is -2.43. The molecule has 1 aromatic heterocycles. The van der Waals surface area contributed by atoms with Crippen LogP contribution in [-0.2, 0) is 9.59 Å². The summed E-state index contributed by atoms with van der Waals surface area (Å²) in [6.45, 7) is 8.49. The minimum atomic E-state index is -0.650. The van der Waals surface area contributed by atoms with Crippen LogP contribution < -0.4 is 16.5 Å². The predicted octanol–water partition coefficient (Wildman–Crippen LogP) is 1.56. The van der Waals surface area contributed by atoms with Crippen LogP contribution in [0.25, 0.3) is 16.7 Å². The highest BCUT2D eigenvalue weighted by Crippen LogP contribution is 2.32. The average molecular weight is 420 g/mol. The van der Waals surface area contributed by atoms with Crippen LogP contribution >= 0.6 is 0 Å². The summed E-state index contributed by atoms with van der Waals surface area (Å²) >= 11 is 0. The summed E-state index contributed by atoms with van der Waals surface area (Å²) in [7, 11) is 0. The molecule has 9 nitrogen and oxygen atoms in total. The van der Waals surface area contributed by atoms with Gasteiger partial charge in [0.25, 0.3) is 5.91 Å². The number of carbonyl (C=O) groups excluding carboxylic acids is 2. The lowest BCUT2D eigenvalue weighted by atomic mass is 10.00. The molecule has 9 heteroatoms. The van der Waals surface area contributed by atoms with Crippen molar-refractivity contribution in [3.05, 3.63) is 53.3 Å². The average Bonchev–Trinajstić information content (AvgIpc) is 3.34. The molecule has 2 aliphatic rings. The third-order valence-electron chi connectivity index (χ3n) is 5.60.